The lowest BCUT2D eigenvalue weighted by atomic mass is 9.95. The number of benzene rings is 2. The molecule has 2 aromatic rings. The zero-order chi connectivity index (χ0) is 14.3. The summed E-state index contributed by atoms with van der Waals surface area (Å²) in [7, 11) is 0. The third-order valence-electron chi connectivity index (χ3n) is 3.38. The van der Waals surface area contributed by atoms with Crippen molar-refractivity contribution < 1.29 is 13.9 Å². The van der Waals surface area contributed by atoms with Crippen LogP contribution in [0.25, 0.3) is 0 Å². The summed E-state index contributed by atoms with van der Waals surface area (Å²) in [5.41, 5.74) is 1.87. The highest BCUT2D eigenvalue weighted by Gasteiger charge is 2.29. The summed E-state index contributed by atoms with van der Waals surface area (Å²) in [4.78, 5) is 12.2. The second-order valence-corrected chi connectivity index (χ2v) is 5.34. The van der Waals surface area contributed by atoms with Gasteiger partial charge in [0.2, 0.25) is 0 Å². The van der Waals surface area contributed by atoms with E-state index in [1.165, 1.54) is 18.2 Å². The SMILES string of the molecule is Cc1ccc2c(c1)C(=O)CC(c1cc(Cl)ccc1F)O2. The van der Waals surface area contributed by atoms with Crippen molar-refractivity contribution in [2.75, 3.05) is 0 Å². The van der Waals surface area contributed by atoms with Crippen LogP contribution in [0.4, 0.5) is 4.39 Å². The second-order valence-electron chi connectivity index (χ2n) is 4.90. The maximum absolute atomic E-state index is 13.9. The van der Waals surface area contributed by atoms with Crippen molar-refractivity contribution >= 4 is 17.4 Å². The number of aryl methyl sites for hydroxylation is 1. The Labute approximate surface area is 121 Å². The van der Waals surface area contributed by atoms with E-state index in [2.05, 4.69) is 0 Å². The fourth-order valence-corrected chi connectivity index (χ4v) is 2.55. The predicted molar refractivity (Wildman–Crippen MR) is 74.9 cm³/mol. The minimum atomic E-state index is -0.628. The van der Waals surface area contributed by atoms with E-state index in [1.54, 1.807) is 12.1 Å². The van der Waals surface area contributed by atoms with Crippen LogP contribution in [0, 0.1) is 12.7 Å². The Bertz CT molecular complexity index is 697. The van der Waals surface area contributed by atoms with Gasteiger partial charge in [0.1, 0.15) is 17.7 Å². The van der Waals surface area contributed by atoms with Gasteiger partial charge >= 0.3 is 0 Å². The lowest BCUT2D eigenvalue weighted by molar-refractivity contribution is 0.0845. The van der Waals surface area contributed by atoms with Crippen molar-refractivity contribution in [3.8, 4) is 5.75 Å². The van der Waals surface area contributed by atoms with E-state index in [0.717, 1.165) is 5.56 Å². The summed E-state index contributed by atoms with van der Waals surface area (Å²) in [5, 5.41) is 0.423. The number of carbonyl (C=O) groups is 1. The maximum atomic E-state index is 13.9. The molecule has 4 heteroatoms. The monoisotopic (exact) mass is 290 g/mol. The molecule has 3 rings (SSSR count). The molecule has 0 fully saturated rings. The summed E-state index contributed by atoms with van der Waals surface area (Å²) in [6.07, 6.45) is -0.510. The van der Waals surface area contributed by atoms with Crippen LogP contribution in [0.15, 0.2) is 36.4 Å². The van der Waals surface area contributed by atoms with Crippen LogP contribution in [0.3, 0.4) is 0 Å². The summed E-state index contributed by atoms with van der Waals surface area (Å²) in [5.74, 6) is 0.0401. The van der Waals surface area contributed by atoms with E-state index in [1.807, 2.05) is 13.0 Å². The zero-order valence-electron chi connectivity index (χ0n) is 10.8. The molecule has 0 spiro atoms. The average molecular weight is 291 g/mol. The van der Waals surface area contributed by atoms with Crippen molar-refractivity contribution in [2.45, 2.75) is 19.4 Å². The van der Waals surface area contributed by atoms with Crippen molar-refractivity contribution in [1.82, 2.24) is 0 Å². The average Bonchev–Trinajstić information content (AvgIpc) is 2.42. The number of hydrogen-bond donors (Lipinski definition) is 0. The molecule has 0 radical (unpaired) electrons. The first kappa shape index (κ1) is 13.1. The number of rotatable bonds is 1. The van der Waals surface area contributed by atoms with Crippen LogP contribution in [0.5, 0.6) is 5.75 Å². The number of Topliss-reactive ketones (excluding diaryl/α,β-unsaturated/α-hetero) is 1. The molecular formula is C16H12ClFO2. The van der Waals surface area contributed by atoms with Gasteiger partial charge in [0.25, 0.3) is 0 Å². The van der Waals surface area contributed by atoms with Crippen LogP contribution < -0.4 is 4.74 Å². The molecule has 20 heavy (non-hydrogen) atoms. The van der Waals surface area contributed by atoms with E-state index in [-0.39, 0.29) is 12.2 Å². The first-order valence-corrected chi connectivity index (χ1v) is 6.68. The molecule has 1 aliphatic heterocycles. The topological polar surface area (TPSA) is 26.3 Å². The van der Waals surface area contributed by atoms with Gasteiger partial charge in [-0.15, -0.1) is 0 Å². The fourth-order valence-electron chi connectivity index (χ4n) is 2.37. The highest BCUT2D eigenvalue weighted by Crippen LogP contribution is 2.36. The van der Waals surface area contributed by atoms with Gasteiger partial charge in [-0.2, -0.15) is 0 Å². The summed E-state index contributed by atoms with van der Waals surface area (Å²) >= 11 is 5.89. The molecule has 0 aliphatic carbocycles. The molecule has 0 N–H and O–H groups in total. The molecule has 2 nitrogen and oxygen atoms in total. The Morgan fingerprint density at radius 2 is 2.05 bits per heavy atom. The highest BCUT2D eigenvalue weighted by atomic mass is 35.5. The summed E-state index contributed by atoms with van der Waals surface area (Å²) in [6, 6.07) is 9.68. The molecule has 0 amide bonds. The molecule has 1 aliphatic rings. The molecule has 1 atom stereocenters. The Morgan fingerprint density at radius 3 is 2.85 bits per heavy atom. The normalized spacial score (nSPS) is 17.6. The van der Waals surface area contributed by atoms with E-state index in [9.17, 15) is 9.18 Å². The largest absolute Gasteiger partial charge is 0.484 e. The molecule has 0 bridgehead atoms. The third kappa shape index (κ3) is 2.29. The van der Waals surface area contributed by atoms with Crippen molar-refractivity contribution in [1.29, 1.82) is 0 Å². The quantitative estimate of drug-likeness (QED) is 0.773. The molecule has 0 aromatic heterocycles. The maximum Gasteiger partial charge on any atom is 0.170 e. The van der Waals surface area contributed by atoms with Crippen LogP contribution in [0.1, 0.15) is 34.0 Å². The van der Waals surface area contributed by atoms with Gasteiger partial charge in [0.05, 0.1) is 12.0 Å². The Kier molecular flexibility index (Phi) is 3.22. The minimum absolute atomic E-state index is 0.0423. The summed E-state index contributed by atoms with van der Waals surface area (Å²) < 4.78 is 19.6. The van der Waals surface area contributed by atoms with Gasteiger partial charge in [0, 0.05) is 10.6 Å². The lowest BCUT2D eigenvalue weighted by Gasteiger charge is -2.26. The molecule has 1 unspecified atom stereocenters. The minimum Gasteiger partial charge on any atom is -0.484 e. The number of ketones is 1. The summed E-state index contributed by atoms with van der Waals surface area (Å²) in [6.45, 7) is 1.91. The van der Waals surface area contributed by atoms with E-state index in [4.69, 9.17) is 16.3 Å². The zero-order valence-corrected chi connectivity index (χ0v) is 11.6. The number of ether oxygens (including phenoxy) is 1. The van der Waals surface area contributed by atoms with Gasteiger partial charge in [-0.3, -0.25) is 4.79 Å². The van der Waals surface area contributed by atoms with Gasteiger partial charge in [-0.25, -0.2) is 4.39 Å². The molecule has 0 saturated carbocycles. The van der Waals surface area contributed by atoms with E-state index < -0.39 is 11.9 Å². The number of hydrogen-bond acceptors (Lipinski definition) is 2. The van der Waals surface area contributed by atoms with Crippen LogP contribution in [-0.4, -0.2) is 5.78 Å². The van der Waals surface area contributed by atoms with E-state index >= 15 is 0 Å². The number of halogens is 2. The van der Waals surface area contributed by atoms with E-state index in [0.29, 0.717) is 21.9 Å². The third-order valence-corrected chi connectivity index (χ3v) is 3.62. The van der Waals surface area contributed by atoms with Crippen LogP contribution in [0.2, 0.25) is 5.02 Å². The lowest BCUT2D eigenvalue weighted by Crippen LogP contribution is -2.21. The van der Waals surface area contributed by atoms with Crippen molar-refractivity contribution in [2.24, 2.45) is 0 Å². The first-order chi connectivity index (χ1) is 9.54. The van der Waals surface area contributed by atoms with Crippen LogP contribution >= 0.6 is 11.6 Å². The van der Waals surface area contributed by atoms with Gasteiger partial charge in [-0.05, 0) is 37.3 Å². The Balaban J connectivity index is 2.01. The van der Waals surface area contributed by atoms with Gasteiger partial charge in [0.15, 0.2) is 5.78 Å². The van der Waals surface area contributed by atoms with Crippen LogP contribution in [-0.2, 0) is 0 Å². The molecule has 1 heterocycles. The molecule has 0 saturated heterocycles. The second kappa shape index (κ2) is 4.91. The Hall–Kier alpha value is -1.87. The highest BCUT2D eigenvalue weighted by molar-refractivity contribution is 6.30. The molecular weight excluding hydrogens is 279 g/mol. The smallest absolute Gasteiger partial charge is 0.170 e. The Morgan fingerprint density at radius 1 is 1.25 bits per heavy atom. The first-order valence-electron chi connectivity index (χ1n) is 6.30. The number of carbonyl (C=O) groups excluding carboxylic acids is 1. The van der Waals surface area contributed by atoms with Gasteiger partial charge < -0.3 is 4.74 Å². The molecule has 102 valence electrons. The molecule has 2 aromatic carbocycles. The van der Waals surface area contributed by atoms with Crippen molar-refractivity contribution in [3.05, 3.63) is 63.9 Å². The standard InChI is InChI=1S/C16H12ClFO2/c1-9-2-5-15-12(6-9)14(19)8-16(20-15)11-7-10(17)3-4-13(11)18/h2-7,16H,8H2,1H3. The predicted octanol–water partition coefficient (Wildman–Crippen LogP) is 4.49. The van der Waals surface area contributed by atoms with Crippen molar-refractivity contribution in [3.63, 3.8) is 0 Å². The van der Waals surface area contributed by atoms with Gasteiger partial charge in [-0.1, -0.05) is 23.2 Å². The number of fused-ring (bicyclic) bond motifs is 1. The fraction of sp³-hybridized carbons (Fsp3) is 0.188.